The smallest absolute Gasteiger partial charge is 0.471 e. The quantitative estimate of drug-likeness (QED) is 0.789. The number of hydrogen-bond acceptors (Lipinski definition) is 3. The number of rotatable bonds is 2. The van der Waals surface area contributed by atoms with Crippen molar-refractivity contribution in [1.29, 1.82) is 0 Å². The Bertz CT molecular complexity index is 438. The van der Waals surface area contributed by atoms with Crippen LogP contribution in [0.2, 0.25) is 0 Å². The molecule has 0 saturated heterocycles. The second-order valence-electron chi connectivity index (χ2n) is 2.78. The number of hydrogen-bond donors (Lipinski definition) is 2. The summed E-state index contributed by atoms with van der Waals surface area (Å²) in [5.41, 5.74) is -0.336. The molecular formula is C7H6F3N3O3. The van der Waals surface area contributed by atoms with E-state index >= 15 is 0 Å². The highest BCUT2D eigenvalue weighted by Crippen LogP contribution is 2.17. The van der Waals surface area contributed by atoms with Crippen molar-refractivity contribution in [3.63, 3.8) is 0 Å². The number of amides is 1. The van der Waals surface area contributed by atoms with Gasteiger partial charge in [0.2, 0.25) is 5.95 Å². The Morgan fingerprint density at radius 1 is 1.50 bits per heavy atom. The van der Waals surface area contributed by atoms with Crippen LogP contribution in [0.4, 0.5) is 19.1 Å². The molecule has 16 heavy (non-hydrogen) atoms. The minimum Gasteiger partial charge on any atom is -0.477 e. The van der Waals surface area contributed by atoms with Gasteiger partial charge in [-0.05, 0) is 0 Å². The van der Waals surface area contributed by atoms with Crippen LogP contribution in [0.25, 0.3) is 0 Å². The number of carbonyl (C=O) groups excluding carboxylic acids is 1. The predicted molar refractivity (Wildman–Crippen MR) is 44.9 cm³/mol. The molecule has 0 saturated carbocycles. The third kappa shape index (κ3) is 2.30. The summed E-state index contributed by atoms with van der Waals surface area (Å²) in [6.07, 6.45) is -4.20. The summed E-state index contributed by atoms with van der Waals surface area (Å²) in [4.78, 5) is 24.4. The Labute approximate surface area is 86.7 Å². The third-order valence-electron chi connectivity index (χ3n) is 1.69. The molecule has 1 amide bonds. The van der Waals surface area contributed by atoms with Gasteiger partial charge in [0.1, 0.15) is 5.69 Å². The lowest BCUT2D eigenvalue weighted by Crippen LogP contribution is -2.31. The number of imidazole rings is 1. The SMILES string of the molecule is Cn1c(C(=O)O)cnc1NC(=O)C(F)(F)F. The Morgan fingerprint density at radius 3 is 2.44 bits per heavy atom. The van der Waals surface area contributed by atoms with E-state index in [0.717, 1.165) is 10.8 Å². The lowest BCUT2D eigenvalue weighted by atomic mass is 10.5. The summed E-state index contributed by atoms with van der Waals surface area (Å²) in [7, 11) is 1.17. The fraction of sp³-hybridized carbons (Fsp3) is 0.286. The Balaban J connectivity index is 2.92. The maximum Gasteiger partial charge on any atom is 0.471 e. The minimum atomic E-state index is -5.05. The van der Waals surface area contributed by atoms with Crippen LogP contribution in [0.3, 0.4) is 0 Å². The molecule has 1 aromatic rings. The van der Waals surface area contributed by atoms with Crippen LogP contribution in [-0.2, 0) is 11.8 Å². The molecular weight excluding hydrogens is 231 g/mol. The van der Waals surface area contributed by atoms with Crippen molar-refractivity contribution in [2.75, 3.05) is 5.32 Å². The first-order valence-corrected chi connectivity index (χ1v) is 3.86. The highest BCUT2D eigenvalue weighted by atomic mass is 19.4. The highest BCUT2D eigenvalue weighted by Gasteiger charge is 2.39. The molecule has 0 unspecified atom stereocenters. The van der Waals surface area contributed by atoms with E-state index in [0.29, 0.717) is 0 Å². The molecule has 0 spiro atoms. The molecule has 1 aromatic heterocycles. The molecule has 0 aliphatic carbocycles. The van der Waals surface area contributed by atoms with Gasteiger partial charge < -0.3 is 9.67 Å². The van der Waals surface area contributed by atoms with Crippen LogP contribution >= 0.6 is 0 Å². The molecule has 88 valence electrons. The molecule has 1 rings (SSSR count). The van der Waals surface area contributed by atoms with E-state index in [1.807, 2.05) is 0 Å². The number of aromatic carboxylic acids is 1. The number of halogens is 3. The zero-order valence-corrected chi connectivity index (χ0v) is 7.87. The number of nitrogens with zero attached hydrogens (tertiary/aromatic N) is 2. The number of nitrogens with one attached hydrogen (secondary N) is 1. The summed E-state index contributed by atoms with van der Waals surface area (Å²) in [6.45, 7) is 0. The Kier molecular flexibility index (Phi) is 2.88. The van der Waals surface area contributed by atoms with Gasteiger partial charge in [-0.3, -0.25) is 10.1 Å². The predicted octanol–water partition coefficient (Wildman–Crippen LogP) is 0.619. The summed E-state index contributed by atoms with van der Waals surface area (Å²) in [5.74, 6) is -4.06. The topological polar surface area (TPSA) is 84.2 Å². The van der Waals surface area contributed by atoms with Crippen molar-refractivity contribution in [3.8, 4) is 0 Å². The molecule has 1 heterocycles. The summed E-state index contributed by atoms with van der Waals surface area (Å²) >= 11 is 0. The minimum absolute atomic E-state index is 0.336. The van der Waals surface area contributed by atoms with Gasteiger partial charge in [-0.1, -0.05) is 0 Å². The number of carboxylic acids is 1. The molecule has 0 fully saturated rings. The van der Waals surface area contributed by atoms with E-state index in [1.165, 1.54) is 12.4 Å². The Hall–Kier alpha value is -2.06. The monoisotopic (exact) mass is 237 g/mol. The van der Waals surface area contributed by atoms with Crippen LogP contribution in [-0.4, -0.2) is 32.7 Å². The number of alkyl halides is 3. The van der Waals surface area contributed by atoms with Crippen LogP contribution in [0, 0.1) is 0 Å². The van der Waals surface area contributed by atoms with Crippen molar-refractivity contribution in [1.82, 2.24) is 9.55 Å². The van der Waals surface area contributed by atoms with E-state index in [-0.39, 0.29) is 5.69 Å². The average molecular weight is 237 g/mol. The molecule has 0 bridgehead atoms. The molecule has 9 heteroatoms. The average Bonchev–Trinajstić information content (AvgIpc) is 2.46. The van der Waals surface area contributed by atoms with Crippen LogP contribution in [0.1, 0.15) is 10.5 Å². The summed E-state index contributed by atoms with van der Waals surface area (Å²) in [5, 5.41) is 10.0. The second kappa shape index (κ2) is 3.83. The largest absolute Gasteiger partial charge is 0.477 e. The van der Waals surface area contributed by atoms with Gasteiger partial charge >= 0.3 is 18.1 Å². The van der Waals surface area contributed by atoms with Crippen molar-refractivity contribution >= 4 is 17.8 Å². The van der Waals surface area contributed by atoms with Gasteiger partial charge in [0.25, 0.3) is 0 Å². The van der Waals surface area contributed by atoms with Gasteiger partial charge in [0.05, 0.1) is 6.20 Å². The fourth-order valence-electron chi connectivity index (χ4n) is 0.897. The van der Waals surface area contributed by atoms with Crippen molar-refractivity contribution in [2.24, 2.45) is 7.05 Å². The van der Waals surface area contributed by atoms with E-state index < -0.39 is 24.0 Å². The number of carboxylic acid groups (broad SMARTS) is 1. The van der Waals surface area contributed by atoms with E-state index in [4.69, 9.17) is 5.11 Å². The zero-order chi connectivity index (χ0) is 12.5. The van der Waals surface area contributed by atoms with Crippen LogP contribution in [0.15, 0.2) is 6.20 Å². The fourth-order valence-corrected chi connectivity index (χ4v) is 0.897. The molecule has 0 aromatic carbocycles. The van der Waals surface area contributed by atoms with Crippen molar-refractivity contribution in [3.05, 3.63) is 11.9 Å². The van der Waals surface area contributed by atoms with Crippen LogP contribution < -0.4 is 5.32 Å². The first-order chi connectivity index (χ1) is 7.23. The molecule has 2 N–H and O–H groups in total. The van der Waals surface area contributed by atoms with E-state index in [1.54, 1.807) is 0 Å². The van der Waals surface area contributed by atoms with Crippen molar-refractivity contribution < 1.29 is 27.9 Å². The zero-order valence-electron chi connectivity index (χ0n) is 7.87. The van der Waals surface area contributed by atoms with Gasteiger partial charge in [0.15, 0.2) is 0 Å². The molecule has 6 nitrogen and oxygen atoms in total. The van der Waals surface area contributed by atoms with Gasteiger partial charge in [0, 0.05) is 7.05 Å². The maximum atomic E-state index is 11.9. The molecule has 0 atom stereocenters. The number of aromatic nitrogens is 2. The van der Waals surface area contributed by atoms with Crippen LogP contribution in [0.5, 0.6) is 0 Å². The molecule has 0 aliphatic rings. The number of anilines is 1. The molecule has 0 aliphatic heterocycles. The second-order valence-corrected chi connectivity index (χ2v) is 2.78. The van der Waals surface area contributed by atoms with E-state index in [2.05, 4.69) is 4.98 Å². The van der Waals surface area contributed by atoms with Gasteiger partial charge in [-0.2, -0.15) is 13.2 Å². The lowest BCUT2D eigenvalue weighted by molar-refractivity contribution is -0.167. The van der Waals surface area contributed by atoms with Gasteiger partial charge in [-0.25, -0.2) is 9.78 Å². The lowest BCUT2D eigenvalue weighted by Gasteiger charge is -2.07. The normalized spacial score (nSPS) is 11.2. The highest BCUT2D eigenvalue weighted by molar-refractivity contribution is 5.94. The summed E-state index contributed by atoms with van der Waals surface area (Å²) < 4.78 is 36.4. The van der Waals surface area contributed by atoms with Gasteiger partial charge in [-0.15, -0.1) is 0 Å². The number of carbonyl (C=O) groups is 2. The van der Waals surface area contributed by atoms with Crippen molar-refractivity contribution in [2.45, 2.75) is 6.18 Å². The third-order valence-corrected chi connectivity index (χ3v) is 1.69. The first kappa shape index (κ1) is 12.0. The van der Waals surface area contributed by atoms with E-state index in [9.17, 15) is 22.8 Å². The molecule has 0 radical (unpaired) electrons. The Morgan fingerprint density at radius 2 is 2.06 bits per heavy atom. The summed E-state index contributed by atoms with van der Waals surface area (Å²) in [6, 6.07) is 0. The maximum absolute atomic E-state index is 11.9. The first-order valence-electron chi connectivity index (χ1n) is 3.86. The standard InChI is InChI=1S/C7H6F3N3O3/c1-13-3(4(14)15)2-11-6(13)12-5(16)7(8,9)10/h2H,1H3,(H,14,15)(H,11,12,16).